The summed E-state index contributed by atoms with van der Waals surface area (Å²) in [6.07, 6.45) is 1.59. The minimum absolute atomic E-state index is 0. The smallest absolute Gasteiger partial charge is 0.180 e. The number of hydrogen-bond acceptors (Lipinski definition) is 4. The fourth-order valence-electron chi connectivity index (χ4n) is 3.50. The van der Waals surface area contributed by atoms with Crippen molar-refractivity contribution in [3.05, 3.63) is 59.7 Å². The molecule has 5 nitrogen and oxygen atoms in total. The van der Waals surface area contributed by atoms with E-state index < -0.39 is 0 Å². The molecule has 4 rings (SSSR count). The number of benzene rings is 2. The van der Waals surface area contributed by atoms with Crippen LogP contribution in [0.25, 0.3) is 28.2 Å². The third-order valence-corrected chi connectivity index (χ3v) is 4.78. The van der Waals surface area contributed by atoms with Crippen LogP contribution in [0.1, 0.15) is 56.5 Å². The molecule has 0 spiro atoms. The standard InChI is InChI=1S/C22H23N4O.Ir/c1-13(2)16-8-6-9-17(14(3)4)20(16)26-22(23-12-24-26)18-10-7-11-19-21(18)27-15(5)25-19;/h6-9,11-14H,1-5H3;/q-1;. The van der Waals surface area contributed by atoms with Crippen molar-refractivity contribution in [2.24, 2.45) is 0 Å². The molecule has 2 aromatic heterocycles. The zero-order valence-electron chi connectivity index (χ0n) is 16.6. The number of aryl methyl sites for hydroxylation is 1. The van der Waals surface area contributed by atoms with Gasteiger partial charge in [-0.15, -0.1) is 18.2 Å². The topological polar surface area (TPSA) is 56.7 Å². The Balaban J connectivity index is 0.00000225. The average molecular weight is 552 g/mol. The second-order valence-corrected chi connectivity index (χ2v) is 7.39. The number of rotatable bonds is 4. The largest absolute Gasteiger partial charge is 0.488 e. The summed E-state index contributed by atoms with van der Waals surface area (Å²) >= 11 is 0. The van der Waals surface area contributed by atoms with Gasteiger partial charge in [-0.2, -0.15) is 5.10 Å². The first-order chi connectivity index (χ1) is 13.0. The van der Waals surface area contributed by atoms with Crippen LogP contribution in [-0.4, -0.2) is 19.7 Å². The Hall–Kier alpha value is -2.30. The summed E-state index contributed by atoms with van der Waals surface area (Å²) in [5.41, 5.74) is 5.85. The second-order valence-electron chi connectivity index (χ2n) is 7.39. The Morgan fingerprint density at radius 1 is 1.04 bits per heavy atom. The fraction of sp³-hybridized carbons (Fsp3) is 0.318. The van der Waals surface area contributed by atoms with E-state index in [0.717, 1.165) is 16.8 Å². The van der Waals surface area contributed by atoms with Crippen molar-refractivity contribution in [2.75, 3.05) is 0 Å². The van der Waals surface area contributed by atoms with Gasteiger partial charge in [0.15, 0.2) is 5.89 Å². The van der Waals surface area contributed by atoms with Gasteiger partial charge in [-0.05, 0) is 23.0 Å². The molecule has 4 aromatic rings. The van der Waals surface area contributed by atoms with Gasteiger partial charge in [0, 0.05) is 32.5 Å². The van der Waals surface area contributed by atoms with Gasteiger partial charge in [0.1, 0.15) is 6.33 Å². The van der Waals surface area contributed by atoms with E-state index in [9.17, 15) is 0 Å². The predicted molar refractivity (Wildman–Crippen MR) is 106 cm³/mol. The normalized spacial score (nSPS) is 11.4. The summed E-state index contributed by atoms with van der Waals surface area (Å²) in [6.45, 7) is 10.6. The minimum atomic E-state index is 0. The molecule has 0 amide bonds. The maximum Gasteiger partial charge on any atom is 0.180 e. The van der Waals surface area contributed by atoms with Crippen molar-refractivity contribution >= 4 is 11.1 Å². The summed E-state index contributed by atoms with van der Waals surface area (Å²) in [5, 5.41) is 4.59. The third-order valence-electron chi connectivity index (χ3n) is 4.78. The molecule has 147 valence electrons. The van der Waals surface area contributed by atoms with Crippen LogP contribution in [0.5, 0.6) is 0 Å². The monoisotopic (exact) mass is 552 g/mol. The molecular weight excluding hydrogens is 528 g/mol. The van der Waals surface area contributed by atoms with Gasteiger partial charge in [0.2, 0.25) is 0 Å². The molecule has 0 saturated heterocycles. The van der Waals surface area contributed by atoms with E-state index in [1.54, 1.807) is 6.33 Å². The molecule has 0 aliphatic rings. The molecule has 0 saturated carbocycles. The Morgan fingerprint density at radius 2 is 1.71 bits per heavy atom. The number of hydrogen-bond donors (Lipinski definition) is 0. The summed E-state index contributed by atoms with van der Waals surface area (Å²) in [5.74, 6) is 2.07. The van der Waals surface area contributed by atoms with E-state index in [1.807, 2.05) is 23.7 Å². The molecule has 0 aliphatic carbocycles. The molecule has 6 heteroatoms. The Morgan fingerprint density at radius 3 is 2.36 bits per heavy atom. The van der Waals surface area contributed by atoms with E-state index in [-0.39, 0.29) is 20.1 Å². The van der Waals surface area contributed by atoms with Crippen LogP contribution in [0.15, 0.2) is 41.1 Å². The van der Waals surface area contributed by atoms with Gasteiger partial charge < -0.3 is 4.42 Å². The summed E-state index contributed by atoms with van der Waals surface area (Å²) in [7, 11) is 0. The Bertz CT molecular complexity index is 1080. The molecule has 0 atom stereocenters. The van der Waals surface area contributed by atoms with Gasteiger partial charge in [-0.25, -0.2) is 4.98 Å². The molecule has 0 aliphatic heterocycles. The van der Waals surface area contributed by atoms with Crippen molar-refractivity contribution in [3.8, 4) is 17.1 Å². The maximum absolute atomic E-state index is 5.85. The fourth-order valence-corrected chi connectivity index (χ4v) is 3.50. The molecule has 0 bridgehead atoms. The van der Waals surface area contributed by atoms with Gasteiger partial charge in [0.05, 0.1) is 17.1 Å². The van der Waals surface area contributed by atoms with Gasteiger partial charge >= 0.3 is 0 Å². The van der Waals surface area contributed by atoms with E-state index in [1.165, 1.54) is 11.1 Å². The number of nitrogens with zero attached hydrogens (tertiary/aromatic N) is 4. The van der Waals surface area contributed by atoms with Crippen molar-refractivity contribution in [3.63, 3.8) is 0 Å². The molecular formula is C22H23IrN4O-. The van der Waals surface area contributed by atoms with Crippen LogP contribution >= 0.6 is 0 Å². The third kappa shape index (κ3) is 3.43. The van der Waals surface area contributed by atoms with Crippen LogP contribution in [0.2, 0.25) is 0 Å². The molecule has 1 radical (unpaired) electrons. The zero-order valence-corrected chi connectivity index (χ0v) is 19.0. The van der Waals surface area contributed by atoms with Crippen molar-refractivity contribution < 1.29 is 24.5 Å². The molecule has 28 heavy (non-hydrogen) atoms. The quantitative estimate of drug-likeness (QED) is 0.318. The summed E-state index contributed by atoms with van der Waals surface area (Å²) in [4.78, 5) is 8.99. The van der Waals surface area contributed by atoms with E-state index in [2.05, 4.69) is 67.0 Å². The first-order valence-electron chi connectivity index (χ1n) is 9.28. The molecule has 2 heterocycles. The Kier molecular flexibility index (Phi) is 5.82. The SMILES string of the molecule is Cc1nc2cc[c-]c(-c3ncnn3-c3c(C(C)C)cccc3C(C)C)c2o1.[Ir]. The summed E-state index contributed by atoms with van der Waals surface area (Å²) in [6, 6.07) is 13.5. The summed E-state index contributed by atoms with van der Waals surface area (Å²) < 4.78 is 7.77. The Labute approximate surface area is 178 Å². The van der Waals surface area contributed by atoms with Gasteiger partial charge in [-0.1, -0.05) is 51.5 Å². The van der Waals surface area contributed by atoms with E-state index in [4.69, 9.17) is 4.42 Å². The van der Waals surface area contributed by atoms with Crippen LogP contribution in [0, 0.1) is 13.0 Å². The van der Waals surface area contributed by atoms with Crippen molar-refractivity contribution in [1.29, 1.82) is 0 Å². The van der Waals surface area contributed by atoms with Crippen LogP contribution in [0.4, 0.5) is 0 Å². The van der Waals surface area contributed by atoms with E-state index in [0.29, 0.717) is 29.1 Å². The van der Waals surface area contributed by atoms with Gasteiger partial charge in [-0.3, -0.25) is 9.67 Å². The van der Waals surface area contributed by atoms with Crippen molar-refractivity contribution in [2.45, 2.75) is 46.5 Å². The molecule has 2 aromatic carbocycles. The predicted octanol–water partition coefficient (Wildman–Crippen LogP) is 5.43. The zero-order chi connectivity index (χ0) is 19.1. The van der Waals surface area contributed by atoms with Crippen molar-refractivity contribution in [1.82, 2.24) is 19.7 Å². The van der Waals surface area contributed by atoms with Crippen LogP contribution < -0.4 is 0 Å². The number of aromatic nitrogens is 4. The number of para-hydroxylation sites is 1. The first-order valence-corrected chi connectivity index (χ1v) is 9.28. The van der Waals surface area contributed by atoms with E-state index >= 15 is 0 Å². The minimum Gasteiger partial charge on any atom is -0.488 e. The first kappa shape index (κ1) is 20.4. The number of fused-ring (bicyclic) bond motifs is 1. The van der Waals surface area contributed by atoms with Gasteiger partial charge in [0.25, 0.3) is 0 Å². The second kappa shape index (κ2) is 7.98. The average Bonchev–Trinajstić information content (AvgIpc) is 3.25. The molecule has 0 fully saturated rings. The molecule has 0 unspecified atom stereocenters. The maximum atomic E-state index is 5.85. The van der Waals surface area contributed by atoms with Crippen LogP contribution in [-0.2, 0) is 20.1 Å². The molecule has 0 N–H and O–H groups in total. The number of oxazole rings is 1. The van der Waals surface area contributed by atoms with Crippen LogP contribution in [0.3, 0.4) is 0 Å².